The van der Waals surface area contributed by atoms with Crippen LogP contribution in [0.3, 0.4) is 0 Å². The van der Waals surface area contributed by atoms with Crippen molar-refractivity contribution in [2.24, 2.45) is 56.7 Å². The first-order valence-electron chi connectivity index (χ1n) is 15.0. The summed E-state index contributed by atoms with van der Waals surface area (Å²) in [5.74, 6) is 1.08. The lowest BCUT2D eigenvalue weighted by Crippen LogP contribution is -2.60. The van der Waals surface area contributed by atoms with Crippen LogP contribution in [0.4, 0.5) is 0 Å². The van der Waals surface area contributed by atoms with Crippen LogP contribution >= 0.6 is 0 Å². The lowest BCUT2D eigenvalue weighted by molar-refractivity contribution is -0.282. The van der Waals surface area contributed by atoms with E-state index >= 15 is 0 Å². The van der Waals surface area contributed by atoms with E-state index in [2.05, 4.69) is 41.5 Å². The van der Waals surface area contributed by atoms with Crippen molar-refractivity contribution >= 4 is 0 Å². The summed E-state index contributed by atoms with van der Waals surface area (Å²) in [5, 5.41) is 34.6. The minimum atomic E-state index is -1.02. The molecule has 3 spiro atoms. The quantitative estimate of drug-likeness (QED) is 0.475. The molecule has 204 valence electrons. The molecule has 0 aromatic rings. The van der Waals surface area contributed by atoms with Crippen molar-refractivity contribution < 1.29 is 24.8 Å². The van der Waals surface area contributed by atoms with E-state index in [9.17, 15) is 15.3 Å². The largest absolute Gasteiger partial charge is 0.393 e. The van der Waals surface area contributed by atoms with Crippen LogP contribution in [0.25, 0.3) is 0 Å². The topological polar surface area (TPSA) is 79.2 Å². The molecule has 7 fully saturated rings. The fraction of sp³-hybridized carbons (Fsp3) is 1.00. The molecule has 5 aliphatic carbocycles. The van der Waals surface area contributed by atoms with E-state index < -0.39 is 23.6 Å². The Kier molecular flexibility index (Phi) is 4.53. The Morgan fingerprint density at radius 3 is 2.14 bits per heavy atom. The van der Waals surface area contributed by atoms with Gasteiger partial charge in [-0.3, -0.25) is 0 Å². The van der Waals surface area contributed by atoms with Crippen LogP contribution in [0.2, 0.25) is 0 Å². The second-order valence-electron chi connectivity index (χ2n) is 16.2. The average Bonchev–Trinajstić information content (AvgIpc) is 3.06. The summed E-state index contributed by atoms with van der Waals surface area (Å²) >= 11 is 0. The fourth-order valence-electron chi connectivity index (χ4n) is 13.4. The molecular weight excluding hydrogens is 452 g/mol. The highest BCUT2D eigenvalue weighted by Crippen LogP contribution is 2.92. The molecule has 0 aromatic carbocycles. The lowest BCUT2D eigenvalue weighted by Gasteiger charge is -2.63. The zero-order chi connectivity index (χ0) is 26.1. The van der Waals surface area contributed by atoms with Crippen molar-refractivity contribution in [1.29, 1.82) is 0 Å². The van der Waals surface area contributed by atoms with Crippen LogP contribution in [0.15, 0.2) is 0 Å². The summed E-state index contributed by atoms with van der Waals surface area (Å²) in [6, 6.07) is 0. The third-order valence-corrected chi connectivity index (χ3v) is 14.8. The van der Waals surface area contributed by atoms with Crippen molar-refractivity contribution in [2.45, 2.75) is 136 Å². The van der Waals surface area contributed by atoms with Gasteiger partial charge in [-0.05, 0) is 104 Å². The van der Waals surface area contributed by atoms with Crippen molar-refractivity contribution in [3.05, 3.63) is 0 Å². The molecule has 7 rings (SSSR count). The van der Waals surface area contributed by atoms with Crippen LogP contribution in [-0.2, 0) is 9.47 Å². The molecule has 0 radical (unpaired) electrons. The van der Waals surface area contributed by atoms with E-state index in [0.29, 0.717) is 23.7 Å². The Hall–Kier alpha value is -0.200. The normalized spacial score (nSPS) is 64.6. The van der Waals surface area contributed by atoms with Crippen LogP contribution in [0.1, 0.15) is 100 Å². The molecule has 14 atom stereocenters. The molecule has 0 amide bonds. The number of aliphatic hydroxyl groups is 3. The first-order valence-corrected chi connectivity index (χ1v) is 15.0. The number of ether oxygens (including phenoxy) is 2. The first-order chi connectivity index (χ1) is 16.6. The predicted octanol–water partition coefficient (Wildman–Crippen LogP) is 4.90. The van der Waals surface area contributed by atoms with Gasteiger partial charge in [0.15, 0.2) is 5.79 Å². The molecule has 5 saturated carbocycles. The first kappa shape index (κ1) is 24.8. The maximum absolute atomic E-state index is 12.5. The fourth-order valence-corrected chi connectivity index (χ4v) is 13.4. The van der Waals surface area contributed by atoms with Gasteiger partial charge in [-0.25, -0.2) is 0 Å². The van der Waals surface area contributed by atoms with Crippen LogP contribution in [-0.4, -0.2) is 51.1 Å². The van der Waals surface area contributed by atoms with E-state index in [4.69, 9.17) is 9.47 Å². The minimum absolute atomic E-state index is 0.0526. The van der Waals surface area contributed by atoms with Gasteiger partial charge >= 0.3 is 0 Å². The predicted molar refractivity (Wildman–Crippen MR) is 137 cm³/mol. The number of rotatable bonds is 1. The molecule has 3 N–H and O–H groups in total. The second kappa shape index (κ2) is 6.57. The zero-order valence-corrected chi connectivity index (χ0v) is 23.8. The molecule has 0 aromatic heterocycles. The Bertz CT molecular complexity index is 988. The van der Waals surface area contributed by atoms with Crippen LogP contribution < -0.4 is 0 Å². The molecule has 2 aliphatic heterocycles. The molecule has 2 saturated heterocycles. The Balaban J connectivity index is 1.35. The molecular formula is C31H50O5. The van der Waals surface area contributed by atoms with Gasteiger partial charge < -0.3 is 24.8 Å². The number of fused-ring (bicyclic) bond motifs is 4. The van der Waals surface area contributed by atoms with E-state index in [1.165, 1.54) is 6.42 Å². The molecule has 5 nitrogen and oxygen atoms in total. The Morgan fingerprint density at radius 2 is 1.47 bits per heavy atom. The summed E-state index contributed by atoms with van der Waals surface area (Å²) in [4.78, 5) is 0. The van der Waals surface area contributed by atoms with Gasteiger partial charge in [0, 0.05) is 11.3 Å². The van der Waals surface area contributed by atoms with Gasteiger partial charge in [0.2, 0.25) is 0 Å². The summed E-state index contributed by atoms with van der Waals surface area (Å²) in [7, 11) is 0. The van der Waals surface area contributed by atoms with E-state index in [0.717, 1.165) is 38.5 Å². The highest BCUT2D eigenvalue weighted by atomic mass is 16.8. The van der Waals surface area contributed by atoms with Gasteiger partial charge in [-0.2, -0.15) is 0 Å². The second-order valence-corrected chi connectivity index (χ2v) is 16.2. The van der Waals surface area contributed by atoms with Crippen molar-refractivity contribution in [3.8, 4) is 0 Å². The SMILES string of the molecule is C[C@H]1[C@@]23CC[C@]4(C)C5[C@H](C)CC6O[C@@]5(O[C@@H]6C(C)(C)O)[C@H](O)[C@@]4(C)[C@@H]2CC[C@H]2C(C)(C)[C@@H](O)CC[C@@]123. The molecule has 36 heavy (non-hydrogen) atoms. The minimum Gasteiger partial charge on any atom is -0.393 e. The zero-order valence-electron chi connectivity index (χ0n) is 23.8. The van der Waals surface area contributed by atoms with Crippen LogP contribution in [0, 0.1) is 56.7 Å². The van der Waals surface area contributed by atoms with E-state index in [1.807, 2.05) is 13.8 Å². The highest BCUT2D eigenvalue weighted by molar-refractivity contribution is 5.36. The van der Waals surface area contributed by atoms with Crippen molar-refractivity contribution in [2.75, 3.05) is 0 Å². The smallest absolute Gasteiger partial charge is 0.199 e. The van der Waals surface area contributed by atoms with E-state index in [-0.39, 0.29) is 45.2 Å². The average molecular weight is 503 g/mol. The summed E-state index contributed by atoms with van der Waals surface area (Å²) in [5.41, 5.74) is -0.930. The van der Waals surface area contributed by atoms with Gasteiger partial charge in [-0.15, -0.1) is 0 Å². The molecule has 2 heterocycles. The summed E-state index contributed by atoms with van der Waals surface area (Å²) in [6.07, 6.45) is 5.99. The van der Waals surface area contributed by atoms with Gasteiger partial charge in [0.05, 0.1) is 17.8 Å². The number of hydrogen-bond donors (Lipinski definition) is 3. The highest BCUT2D eigenvalue weighted by Gasteiger charge is 2.90. The molecule has 7 aliphatic rings. The molecule has 5 heteroatoms. The Labute approximate surface area is 217 Å². The Morgan fingerprint density at radius 1 is 0.833 bits per heavy atom. The van der Waals surface area contributed by atoms with Gasteiger partial charge in [0.25, 0.3) is 0 Å². The molecule has 2 unspecified atom stereocenters. The third kappa shape index (κ3) is 2.23. The summed E-state index contributed by atoms with van der Waals surface area (Å²) < 4.78 is 13.6. The van der Waals surface area contributed by atoms with Gasteiger partial charge in [0.1, 0.15) is 12.2 Å². The maximum atomic E-state index is 12.5. The number of aliphatic hydroxyl groups excluding tert-OH is 2. The van der Waals surface area contributed by atoms with Gasteiger partial charge in [-0.1, -0.05) is 41.5 Å². The maximum Gasteiger partial charge on any atom is 0.199 e. The number of hydrogen-bond acceptors (Lipinski definition) is 5. The monoisotopic (exact) mass is 502 g/mol. The third-order valence-electron chi connectivity index (χ3n) is 14.8. The standard InChI is InChI=1S/C31H50O5/c1-16-15-18-23(26(5,6)34)36-31(35-18)22(16)27(7)13-14-30-17(2)29(30)12-11-21(32)25(3,4)19(29)9-10-20(30)28(27,8)24(31)33/h16-24,32-34H,9-15H2,1-8H3/t16-,17-,18?,19+,20+,21+,22?,23+,24-,27-,28-,29-,30+,31+/m1/s1. The lowest BCUT2D eigenvalue weighted by atomic mass is 9.41. The van der Waals surface area contributed by atoms with Crippen LogP contribution in [0.5, 0.6) is 0 Å². The summed E-state index contributed by atoms with van der Waals surface area (Å²) in [6.45, 7) is 17.9. The van der Waals surface area contributed by atoms with Crippen molar-refractivity contribution in [1.82, 2.24) is 0 Å². The van der Waals surface area contributed by atoms with E-state index in [1.54, 1.807) is 0 Å². The van der Waals surface area contributed by atoms with Crippen molar-refractivity contribution in [3.63, 3.8) is 0 Å². The molecule has 2 bridgehead atoms.